The molecule has 0 aliphatic heterocycles. The Hall–Kier alpha value is -3.39. The van der Waals surface area contributed by atoms with E-state index in [-0.39, 0.29) is 28.7 Å². The zero-order valence-corrected chi connectivity index (χ0v) is 15.8. The van der Waals surface area contributed by atoms with Crippen LogP contribution in [0.5, 0.6) is 5.75 Å². The fraction of sp³-hybridized carbons (Fsp3) is 0.158. The van der Waals surface area contributed by atoms with Gasteiger partial charge in [-0.3, -0.25) is 14.9 Å². The quantitative estimate of drug-likeness (QED) is 0.474. The predicted octanol–water partition coefficient (Wildman–Crippen LogP) is 4.68. The Bertz CT molecular complexity index is 1050. The van der Waals surface area contributed by atoms with Crippen molar-refractivity contribution in [1.82, 2.24) is 5.16 Å². The first-order valence-corrected chi connectivity index (χ1v) is 8.63. The van der Waals surface area contributed by atoms with E-state index in [0.717, 1.165) is 11.6 Å². The first kappa shape index (κ1) is 19.4. The topological polar surface area (TPSA) is 108 Å². The van der Waals surface area contributed by atoms with Crippen LogP contribution in [0.4, 0.5) is 11.4 Å². The van der Waals surface area contributed by atoms with Crippen molar-refractivity contribution in [2.75, 3.05) is 5.32 Å². The minimum absolute atomic E-state index is 0.0421. The molecular weight excluding hydrogens is 386 g/mol. The molecule has 1 N–H and O–H groups in total. The van der Waals surface area contributed by atoms with Gasteiger partial charge in [-0.25, -0.2) is 0 Å². The second-order valence-electron chi connectivity index (χ2n) is 6.00. The van der Waals surface area contributed by atoms with Crippen molar-refractivity contribution in [2.45, 2.75) is 20.5 Å². The van der Waals surface area contributed by atoms with Crippen LogP contribution in [-0.2, 0) is 6.61 Å². The van der Waals surface area contributed by atoms with E-state index >= 15 is 0 Å². The third-order valence-electron chi connectivity index (χ3n) is 4.08. The standard InChI is InChI=1S/C19H16ClN3O5/c1-11-5-3-4-6-17(11)27-10-14-12(2)28-22-18(14)19(24)21-16-8-7-13(23(25)26)9-15(16)20/h3-9H,10H2,1-2H3,(H,21,24). The number of benzene rings is 2. The van der Waals surface area contributed by atoms with Gasteiger partial charge in [0.05, 0.1) is 21.2 Å². The Morgan fingerprint density at radius 1 is 1.29 bits per heavy atom. The maximum absolute atomic E-state index is 12.6. The van der Waals surface area contributed by atoms with Crippen LogP contribution < -0.4 is 10.1 Å². The van der Waals surface area contributed by atoms with Crippen molar-refractivity contribution < 1.29 is 19.0 Å². The number of nitro benzene ring substituents is 1. The number of para-hydroxylation sites is 1. The van der Waals surface area contributed by atoms with Gasteiger partial charge in [0.1, 0.15) is 18.1 Å². The third-order valence-corrected chi connectivity index (χ3v) is 4.39. The normalized spacial score (nSPS) is 10.5. The number of nitro groups is 1. The van der Waals surface area contributed by atoms with E-state index in [2.05, 4.69) is 10.5 Å². The third kappa shape index (κ3) is 4.12. The second-order valence-corrected chi connectivity index (χ2v) is 6.40. The van der Waals surface area contributed by atoms with Crippen LogP contribution in [0.3, 0.4) is 0 Å². The van der Waals surface area contributed by atoms with E-state index in [0.29, 0.717) is 17.1 Å². The Morgan fingerprint density at radius 3 is 2.71 bits per heavy atom. The number of amides is 1. The van der Waals surface area contributed by atoms with Crippen LogP contribution in [-0.4, -0.2) is 16.0 Å². The van der Waals surface area contributed by atoms with Gasteiger partial charge in [0.2, 0.25) is 0 Å². The first-order valence-electron chi connectivity index (χ1n) is 8.25. The number of hydrogen-bond donors (Lipinski definition) is 1. The molecule has 0 bridgehead atoms. The lowest BCUT2D eigenvalue weighted by Gasteiger charge is -2.10. The number of aromatic nitrogens is 1. The molecule has 144 valence electrons. The fourth-order valence-electron chi connectivity index (χ4n) is 2.51. The van der Waals surface area contributed by atoms with Gasteiger partial charge in [0, 0.05) is 12.1 Å². The molecule has 0 atom stereocenters. The monoisotopic (exact) mass is 401 g/mol. The van der Waals surface area contributed by atoms with Crippen LogP contribution >= 0.6 is 11.6 Å². The number of rotatable bonds is 6. The SMILES string of the molecule is Cc1ccccc1OCc1c(C(=O)Nc2ccc([N+](=O)[O-])cc2Cl)noc1C. The summed E-state index contributed by atoms with van der Waals surface area (Å²) in [6.45, 7) is 3.69. The summed E-state index contributed by atoms with van der Waals surface area (Å²) >= 11 is 6.02. The van der Waals surface area contributed by atoms with Gasteiger partial charge in [-0.15, -0.1) is 0 Å². The number of carbonyl (C=O) groups is 1. The molecule has 0 saturated carbocycles. The minimum Gasteiger partial charge on any atom is -0.488 e. The number of carbonyl (C=O) groups excluding carboxylic acids is 1. The summed E-state index contributed by atoms with van der Waals surface area (Å²) < 4.78 is 10.9. The summed E-state index contributed by atoms with van der Waals surface area (Å²) in [5.74, 6) is 0.581. The van der Waals surface area contributed by atoms with E-state index < -0.39 is 10.8 Å². The predicted molar refractivity (Wildman–Crippen MR) is 103 cm³/mol. The summed E-state index contributed by atoms with van der Waals surface area (Å²) in [4.78, 5) is 22.8. The highest BCUT2D eigenvalue weighted by atomic mass is 35.5. The molecular formula is C19H16ClN3O5. The molecule has 0 spiro atoms. The Labute approximate surface area is 165 Å². The number of nitrogens with zero attached hydrogens (tertiary/aromatic N) is 2. The zero-order valence-electron chi connectivity index (χ0n) is 15.1. The fourth-order valence-corrected chi connectivity index (χ4v) is 2.73. The molecule has 3 rings (SSSR count). The number of aryl methyl sites for hydroxylation is 2. The summed E-state index contributed by atoms with van der Waals surface area (Å²) in [5, 5.41) is 17.2. The zero-order chi connectivity index (χ0) is 20.3. The molecule has 2 aromatic carbocycles. The molecule has 0 radical (unpaired) electrons. The smallest absolute Gasteiger partial charge is 0.278 e. The summed E-state index contributed by atoms with van der Waals surface area (Å²) in [7, 11) is 0. The molecule has 1 amide bonds. The molecule has 1 heterocycles. The van der Waals surface area contributed by atoms with Gasteiger partial charge in [-0.2, -0.15) is 0 Å². The van der Waals surface area contributed by atoms with E-state index in [4.69, 9.17) is 20.9 Å². The van der Waals surface area contributed by atoms with Crippen molar-refractivity contribution >= 4 is 28.9 Å². The highest BCUT2D eigenvalue weighted by molar-refractivity contribution is 6.34. The van der Waals surface area contributed by atoms with Crippen molar-refractivity contribution in [2.24, 2.45) is 0 Å². The van der Waals surface area contributed by atoms with E-state index in [9.17, 15) is 14.9 Å². The van der Waals surface area contributed by atoms with Gasteiger partial charge in [0.25, 0.3) is 11.6 Å². The largest absolute Gasteiger partial charge is 0.488 e. The van der Waals surface area contributed by atoms with Gasteiger partial charge in [-0.05, 0) is 31.5 Å². The van der Waals surface area contributed by atoms with Crippen molar-refractivity contribution in [1.29, 1.82) is 0 Å². The summed E-state index contributed by atoms with van der Waals surface area (Å²) in [6.07, 6.45) is 0. The highest BCUT2D eigenvalue weighted by Gasteiger charge is 2.22. The van der Waals surface area contributed by atoms with E-state index in [1.54, 1.807) is 6.92 Å². The lowest BCUT2D eigenvalue weighted by atomic mass is 10.2. The number of halogens is 1. The van der Waals surface area contributed by atoms with Crippen molar-refractivity contribution in [3.05, 3.63) is 80.2 Å². The van der Waals surface area contributed by atoms with Gasteiger partial charge >= 0.3 is 0 Å². The summed E-state index contributed by atoms with van der Waals surface area (Å²) in [5.41, 5.74) is 1.57. The summed E-state index contributed by atoms with van der Waals surface area (Å²) in [6, 6.07) is 11.3. The van der Waals surface area contributed by atoms with Crippen LogP contribution in [0.25, 0.3) is 0 Å². The number of ether oxygens (including phenoxy) is 1. The molecule has 0 unspecified atom stereocenters. The maximum atomic E-state index is 12.6. The van der Waals surface area contributed by atoms with Gasteiger partial charge < -0.3 is 14.6 Å². The number of non-ortho nitro benzene ring substituents is 1. The van der Waals surface area contributed by atoms with Crippen LogP contribution in [0, 0.1) is 24.0 Å². The molecule has 1 aromatic heterocycles. The first-order chi connectivity index (χ1) is 13.4. The maximum Gasteiger partial charge on any atom is 0.278 e. The highest BCUT2D eigenvalue weighted by Crippen LogP contribution is 2.28. The molecule has 9 heteroatoms. The Kier molecular flexibility index (Phi) is 5.60. The van der Waals surface area contributed by atoms with Crippen molar-refractivity contribution in [3.63, 3.8) is 0 Å². The second kappa shape index (κ2) is 8.10. The average Bonchev–Trinajstić information content (AvgIpc) is 3.03. The van der Waals surface area contributed by atoms with E-state index in [1.807, 2.05) is 31.2 Å². The van der Waals surface area contributed by atoms with Crippen molar-refractivity contribution in [3.8, 4) is 5.75 Å². The van der Waals surface area contributed by atoms with Crippen LogP contribution in [0.1, 0.15) is 27.4 Å². The van der Waals surface area contributed by atoms with Gasteiger partial charge in [-0.1, -0.05) is 35.0 Å². The molecule has 8 nitrogen and oxygen atoms in total. The molecule has 0 aliphatic rings. The Morgan fingerprint density at radius 2 is 2.04 bits per heavy atom. The number of hydrogen-bond acceptors (Lipinski definition) is 6. The minimum atomic E-state index is -0.570. The lowest BCUT2D eigenvalue weighted by Crippen LogP contribution is -2.15. The molecule has 0 saturated heterocycles. The average molecular weight is 402 g/mol. The number of nitrogens with one attached hydrogen (secondary N) is 1. The lowest BCUT2D eigenvalue weighted by molar-refractivity contribution is -0.384. The Balaban J connectivity index is 1.78. The molecule has 3 aromatic rings. The molecule has 0 aliphatic carbocycles. The number of anilines is 1. The van der Waals surface area contributed by atoms with Crippen LogP contribution in [0.2, 0.25) is 5.02 Å². The molecule has 0 fully saturated rings. The molecule has 28 heavy (non-hydrogen) atoms. The van der Waals surface area contributed by atoms with E-state index in [1.165, 1.54) is 12.1 Å². The van der Waals surface area contributed by atoms with Gasteiger partial charge in [0.15, 0.2) is 5.69 Å². The van der Waals surface area contributed by atoms with Crippen LogP contribution in [0.15, 0.2) is 47.0 Å².